The molecule has 0 radical (unpaired) electrons. The number of hydrogen-bond donors (Lipinski definition) is 3. The van der Waals surface area contributed by atoms with Crippen LogP contribution in [0.4, 0.5) is 4.79 Å². The fraction of sp³-hybridized carbons (Fsp3) is 0.533. The molecule has 1 fully saturated rings. The van der Waals surface area contributed by atoms with E-state index in [1.54, 1.807) is 6.20 Å². The molecule has 1 aliphatic carbocycles. The molecule has 0 unspecified atom stereocenters. The van der Waals surface area contributed by atoms with Crippen molar-refractivity contribution in [2.24, 2.45) is 5.41 Å². The summed E-state index contributed by atoms with van der Waals surface area (Å²) in [5.74, 6) is -0.811. The van der Waals surface area contributed by atoms with E-state index >= 15 is 0 Å². The predicted octanol–water partition coefficient (Wildman–Crippen LogP) is 1.57. The molecule has 6 nitrogen and oxygen atoms in total. The standard InChI is InChI=1S/C15H21N3O3/c19-13(20)15(7-2-3-8-15)11-18-14(21)17-10-6-12-5-1-4-9-16-12/h1,4-5,9H,2-3,6-8,10-11H2,(H,19,20)(H2,17,18,21). The molecule has 0 aromatic carbocycles. The van der Waals surface area contributed by atoms with Crippen molar-refractivity contribution >= 4 is 12.0 Å². The Bertz CT molecular complexity index is 484. The number of hydrogen-bond acceptors (Lipinski definition) is 3. The highest BCUT2D eigenvalue weighted by Gasteiger charge is 2.41. The molecule has 0 spiro atoms. The highest BCUT2D eigenvalue weighted by Crippen LogP contribution is 2.37. The zero-order valence-corrected chi connectivity index (χ0v) is 12.0. The molecule has 2 amide bonds. The van der Waals surface area contributed by atoms with Gasteiger partial charge in [-0.05, 0) is 25.0 Å². The van der Waals surface area contributed by atoms with Crippen molar-refractivity contribution in [1.29, 1.82) is 0 Å². The largest absolute Gasteiger partial charge is 0.481 e. The normalized spacial score (nSPS) is 16.4. The summed E-state index contributed by atoms with van der Waals surface area (Å²) in [5, 5.41) is 14.7. The molecule has 1 heterocycles. The van der Waals surface area contributed by atoms with Crippen LogP contribution in [0.25, 0.3) is 0 Å². The quantitative estimate of drug-likeness (QED) is 0.742. The number of nitrogens with zero attached hydrogens (tertiary/aromatic N) is 1. The van der Waals surface area contributed by atoms with Gasteiger partial charge in [0.25, 0.3) is 0 Å². The molecule has 2 rings (SSSR count). The van der Waals surface area contributed by atoms with E-state index in [2.05, 4.69) is 15.6 Å². The van der Waals surface area contributed by atoms with Crippen LogP contribution in [0, 0.1) is 5.41 Å². The van der Waals surface area contributed by atoms with Crippen LogP contribution in [0.2, 0.25) is 0 Å². The van der Waals surface area contributed by atoms with E-state index in [0.717, 1.165) is 18.5 Å². The van der Waals surface area contributed by atoms with Crippen LogP contribution in [-0.4, -0.2) is 35.2 Å². The summed E-state index contributed by atoms with van der Waals surface area (Å²) in [6.45, 7) is 0.667. The highest BCUT2D eigenvalue weighted by molar-refractivity contribution is 5.78. The number of aromatic nitrogens is 1. The fourth-order valence-electron chi connectivity index (χ4n) is 2.68. The van der Waals surface area contributed by atoms with Gasteiger partial charge in [-0.3, -0.25) is 9.78 Å². The molecule has 21 heavy (non-hydrogen) atoms. The third-order valence-electron chi connectivity index (χ3n) is 3.99. The van der Waals surface area contributed by atoms with E-state index in [0.29, 0.717) is 25.8 Å². The van der Waals surface area contributed by atoms with Gasteiger partial charge in [0.2, 0.25) is 0 Å². The first kappa shape index (κ1) is 15.3. The number of carboxylic acids is 1. The Kier molecular flexibility index (Phi) is 5.14. The van der Waals surface area contributed by atoms with Gasteiger partial charge in [0.15, 0.2) is 0 Å². The van der Waals surface area contributed by atoms with Crippen molar-refractivity contribution in [3.05, 3.63) is 30.1 Å². The van der Waals surface area contributed by atoms with E-state index in [-0.39, 0.29) is 12.6 Å². The highest BCUT2D eigenvalue weighted by atomic mass is 16.4. The molecule has 0 atom stereocenters. The molecule has 0 aliphatic heterocycles. The average molecular weight is 291 g/mol. The molecule has 1 aromatic rings. The second-order valence-corrected chi connectivity index (χ2v) is 5.47. The Balaban J connectivity index is 1.71. The van der Waals surface area contributed by atoms with E-state index in [1.807, 2.05) is 18.2 Å². The number of nitrogens with one attached hydrogen (secondary N) is 2. The van der Waals surface area contributed by atoms with Crippen LogP contribution >= 0.6 is 0 Å². The van der Waals surface area contributed by atoms with Gasteiger partial charge in [-0.1, -0.05) is 18.9 Å². The fourth-order valence-corrected chi connectivity index (χ4v) is 2.68. The first-order chi connectivity index (χ1) is 10.1. The molecule has 114 valence electrons. The Labute approximate surface area is 124 Å². The van der Waals surface area contributed by atoms with Gasteiger partial charge in [-0.15, -0.1) is 0 Å². The van der Waals surface area contributed by atoms with Crippen LogP contribution in [0.3, 0.4) is 0 Å². The first-order valence-electron chi connectivity index (χ1n) is 7.27. The summed E-state index contributed by atoms with van der Waals surface area (Å²) in [7, 11) is 0. The number of urea groups is 1. The van der Waals surface area contributed by atoms with Crippen molar-refractivity contribution < 1.29 is 14.7 Å². The van der Waals surface area contributed by atoms with Gasteiger partial charge in [0, 0.05) is 31.4 Å². The third-order valence-corrected chi connectivity index (χ3v) is 3.99. The molecule has 1 saturated carbocycles. The Morgan fingerprint density at radius 2 is 2.00 bits per heavy atom. The summed E-state index contributed by atoms with van der Waals surface area (Å²) in [6, 6.07) is 5.33. The number of aliphatic carboxylic acids is 1. The van der Waals surface area contributed by atoms with E-state index in [9.17, 15) is 14.7 Å². The number of carbonyl (C=O) groups is 2. The lowest BCUT2D eigenvalue weighted by Crippen LogP contribution is -2.45. The van der Waals surface area contributed by atoms with Gasteiger partial charge in [0.05, 0.1) is 5.41 Å². The van der Waals surface area contributed by atoms with Crippen molar-refractivity contribution in [3.8, 4) is 0 Å². The lowest BCUT2D eigenvalue weighted by molar-refractivity contribution is -0.148. The summed E-state index contributed by atoms with van der Waals surface area (Å²) >= 11 is 0. The average Bonchev–Trinajstić information content (AvgIpc) is 2.96. The van der Waals surface area contributed by atoms with Crippen molar-refractivity contribution in [2.45, 2.75) is 32.1 Å². The number of carboxylic acid groups (broad SMARTS) is 1. The van der Waals surface area contributed by atoms with Crippen LogP contribution in [0.5, 0.6) is 0 Å². The first-order valence-corrected chi connectivity index (χ1v) is 7.27. The maximum Gasteiger partial charge on any atom is 0.314 e. The van der Waals surface area contributed by atoms with Crippen LogP contribution < -0.4 is 10.6 Å². The minimum atomic E-state index is -0.811. The summed E-state index contributed by atoms with van der Waals surface area (Å²) in [5.41, 5.74) is 0.133. The zero-order chi connectivity index (χ0) is 15.1. The van der Waals surface area contributed by atoms with Crippen LogP contribution in [-0.2, 0) is 11.2 Å². The maximum atomic E-state index is 11.7. The number of amides is 2. The monoisotopic (exact) mass is 291 g/mol. The number of pyridine rings is 1. The van der Waals surface area contributed by atoms with Crippen molar-refractivity contribution in [2.75, 3.05) is 13.1 Å². The lowest BCUT2D eigenvalue weighted by atomic mass is 9.86. The van der Waals surface area contributed by atoms with Gasteiger partial charge in [0.1, 0.15) is 0 Å². The van der Waals surface area contributed by atoms with Crippen LogP contribution in [0.1, 0.15) is 31.4 Å². The zero-order valence-electron chi connectivity index (χ0n) is 12.0. The molecule has 3 N–H and O–H groups in total. The molecule has 0 bridgehead atoms. The third kappa shape index (κ3) is 4.18. The van der Waals surface area contributed by atoms with Gasteiger partial charge < -0.3 is 15.7 Å². The molecule has 1 aromatic heterocycles. The van der Waals surface area contributed by atoms with Crippen molar-refractivity contribution in [1.82, 2.24) is 15.6 Å². The molecule has 1 aliphatic rings. The second kappa shape index (κ2) is 7.06. The topological polar surface area (TPSA) is 91.3 Å². The SMILES string of the molecule is O=C(NCCc1ccccn1)NCC1(C(=O)O)CCCC1. The smallest absolute Gasteiger partial charge is 0.314 e. The molecular formula is C15H21N3O3. The predicted molar refractivity (Wildman–Crippen MR) is 77.9 cm³/mol. The van der Waals surface area contributed by atoms with Gasteiger partial charge >= 0.3 is 12.0 Å². The summed E-state index contributed by atoms with van der Waals surface area (Å²) in [6.07, 6.45) is 5.46. The van der Waals surface area contributed by atoms with Gasteiger partial charge in [-0.2, -0.15) is 0 Å². The van der Waals surface area contributed by atoms with Crippen LogP contribution in [0.15, 0.2) is 24.4 Å². The minimum absolute atomic E-state index is 0.192. The summed E-state index contributed by atoms with van der Waals surface area (Å²) in [4.78, 5) is 27.2. The van der Waals surface area contributed by atoms with Crippen molar-refractivity contribution in [3.63, 3.8) is 0 Å². The van der Waals surface area contributed by atoms with E-state index < -0.39 is 11.4 Å². The van der Waals surface area contributed by atoms with Gasteiger partial charge in [-0.25, -0.2) is 4.79 Å². The minimum Gasteiger partial charge on any atom is -0.481 e. The van der Waals surface area contributed by atoms with E-state index in [4.69, 9.17) is 0 Å². The molecule has 0 saturated heterocycles. The molecular weight excluding hydrogens is 270 g/mol. The van der Waals surface area contributed by atoms with E-state index in [1.165, 1.54) is 0 Å². The number of carbonyl (C=O) groups excluding carboxylic acids is 1. The Hall–Kier alpha value is -2.11. The summed E-state index contributed by atoms with van der Waals surface area (Å²) < 4.78 is 0. The Morgan fingerprint density at radius 1 is 1.24 bits per heavy atom. The number of rotatable bonds is 6. The maximum absolute atomic E-state index is 11.7. The molecule has 6 heteroatoms. The Morgan fingerprint density at radius 3 is 2.62 bits per heavy atom. The lowest BCUT2D eigenvalue weighted by Gasteiger charge is -2.24. The second-order valence-electron chi connectivity index (χ2n) is 5.47.